The topological polar surface area (TPSA) is 105 Å². The minimum Gasteiger partial charge on any atom is -0.493 e. The first-order chi connectivity index (χ1) is 18.4. The third kappa shape index (κ3) is 7.49. The van der Waals surface area contributed by atoms with E-state index in [1.165, 1.54) is 45.2 Å². The molecule has 200 valence electrons. The predicted molar refractivity (Wildman–Crippen MR) is 144 cm³/mol. The van der Waals surface area contributed by atoms with Crippen molar-refractivity contribution in [3.63, 3.8) is 0 Å². The van der Waals surface area contributed by atoms with Crippen molar-refractivity contribution < 1.29 is 33.3 Å². The van der Waals surface area contributed by atoms with Gasteiger partial charge in [-0.05, 0) is 72.0 Å². The van der Waals surface area contributed by atoms with Gasteiger partial charge in [0.2, 0.25) is 5.75 Å². The number of nitrogens with zero attached hydrogens (tertiary/aromatic N) is 1. The van der Waals surface area contributed by atoms with Crippen molar-refractivity contribution in [3.05, 3.63) is 77.4 Å². The molecular weight excluding hydrogens is 488 g/mol. The molecule has 1 amide bonds. The van der Waals surface area contributed by atoms with Crippen LogP contribution < -0.4 is 29.1 Å². The second-order valence-corrected chi connectivity index (χ2v) is 8.33. The van der Waals surface area contributed by atoms with Crippen LogP contribution in [0.4, 0.5) is 0 Å². The molecular formula is C29H32N2O7. The molecule has 0 aliphatic rings. The monoisotopic (exact) mass is 520 g/mol. The van der Waals surface area contributed by atoms with E-state index in [-0.39, 0.29) is 18.1 Å². The van der Waals surface area contributed by atoms with Crippen molar-refractivity contribution >= 4 is 18.1 Å². The van der Waals surface area contributed by atoms with E-state index in [1.54, 1.807) is 24.3 Å². The van der Waals surface area contributed by atoms with E-state index in [0.717, 1.165) is 6.42 Å². The number of esters is 1. The zero-order valence-electron chi connectivity index (χ0n) is 22.1. The molecule has 3 rings (SSSR count). The first-order valence-electron chi connectivity index (χ1n) is 12.0. The van der Waals surface area contributed by atoms with E-state index in [1.807, 2.05) is 24.3 Å². The van der Waals surface area contributed by atoms with Gasteiger partial charge >= 0.3 is 5.97 Å². The molecule has 38 heavy (non-hydrogen) atoms. The van der Waals surface area contributed by atoms with Crippen LogP contribution in [0.5, 0.6) is 28.7 Å². The molecule has 1 unspecified atom stereocenters. The quantitative estimate of drug-likeness (QED) is 0.156. The molecule has 0 aliphatic heterocycles. The van der Waals surface area contributed by atoms with Gasteiger partial charge in [0.05, 0.1) is 33.1 Å². The Labute approximate surface area is 222 Å². The second kappa shape index (κ2) is 13.7. The molecule has 0 fully saturated rings. The van der Waals surface area contributed by atoms with Gasteiger partial charge in [0.15, 0.2) is 18.1 Å². The van der Waals surface area contributed by atoms with Crippen molar-refractivity contribution in [3.8, 4) is 28.7 Å². The number of rotatable bonds is 12. The molecule has 0 saturated carbocycles. The Kier molecular flexibility index (Phi) is 10.1. The van der Waals surface area contributed by atoms with Crippen LogP contribution in [0.25, 0.3) is 0 Å². The summed E-state index contributed by atoms with van der Waals surface area (Å²) in [6.45, 7) is 4.15. The molecule has 3 aromatic rings. The molecule has 1 atom stereocenters. The van der Waals surface area contributed by atoms with Gasteiger partial charge in [-0.15, -0.1) is 0 Å². The number of carbonyl (C=O) groups excluding carboxylic acids is 2. The van der Waals surface area contributed by atoms with E-state index in [0.29, 0.717) is 40.2 Å². The fourth-order valence-corrected chi connectivity index (χ4v) is 3.48. The van der Waals surface area contributed by atoms with E-state index in [4.69, 9.17) is 23.7 Å². The van der Waals surface area contributed by atoms with Crippen LogP contribution in [-0.4, -0.2) is 46.0 Å². The SMILES string of the molecule is CCC(C)c1ccc(OCC(=O)NN=Cc2ccc(OC(=O)c3cc(OC)c(OC)c(OC)c3)cc2)cc1. The van der Waals surface area contributed by atoms with E-state index in [2.05, 4.69) is 24.4 Å². The number of nitrogens with one attached hydrogen (secondary N) is 1. The lowest BCUT2D eigenvalue weighted by Crippen LogP contribution is -2.24. The number of benzene rings is 3. The Hall–Kier alpha value is -4.53. The number of ether oxygens (including phenoxy) is 5. The van der Waals surface area contributed by atoms with Gasteiger partial charge in [-0.2, -0.15) is 5.10 Å². The minimum atomic E-state index is -0.590. The molecule has 0 aliphatic carbocycles. The maximum atomic E-state index is 12.6. The average molecular weight is 521 g/mol. The highest BCUT2D eigenvalue weighted by molar-refractivity contribution is 5.93. The number of methoxy groups -OCH3 is 3. The van der Waals surface area contributed by atoms with Gasteiger partial charge in [-0.1, -0.05) is 26.0 Å². The molecule has 0 spiro atoms. The molecule has 9 nitrogen and oxygen atoms in total. The van der Waals surface area contributed by atoms with Gasteiger partial charge < -0.3 is 23.7 Å². The van der Waals surface area contributed by atoms with Crippen LogP contribution in [0.2, 0.25) is 0 Å². The zero-order valence-corrected chi connectivity index (χ0v) is 22.1. The maximum absolute atomic E-state index is 12.6. The average Bonchev–Trinajstić information content (AvgIpc) is 2.95. The van der Waals surface area contributed by atoms with Gasteiger partial charge in [0.25, 0.3) is 5.91 Å². The van der Waals surface area contributed by atoms with Crippen molar-refractivity contribution in [2.45, 2.75) is 26.2 Å². The van der Waals surface area contributed by atoms with Gasteiger partial charge in [-0.3, -0.25) is 4.79 Å². The first kappa shape index (κ1) is 28.0. The molecule has 0 aromatic heterocycles. The lowest BCUT2D eigenvalue weighted by Gasteiger charge is -2.13. The fourth-order valence-electron chi connectivity index (χ4n) is 3.48. The summed E-state index contributed by atoms with van der Waals surface area (Å²) in [4.78, 5) is 24.7. The van der Waals surface area contributed by atoms with Crippen LogP contribution in [0.15, 0.2) is 65.8 Å². The Morgan fingerprint density at radius 1 is 0.895 bits per heavy atom. The standard InChI is InChI=1S/C29H32N2O7/c1-6-19(2)21-9-13-23(14-10-21)37-18-27(32)31-30-17-20-7-11-24(12-8-20)38-29(33)22-15-25(34-3)28(36-5)26(16-22)35-4/h7-17,19H,6,18H2,1-5H3,(H,31,32). The second-order valence-electron chi connectivity index (χ2n) is 8.33. The molecule has 0 radical (unpaired) electrons. The van der Waals surface area contributed by atoms with E-state index < -0.39 is 5.97 Å². The van der Waals surface area contributed by atoms with Crippen molar-refractivity contribution in [2.75, 3.05) is 27.9 Å². The number of amides is 1. The maximum Gasteiger partial charge on any atom is 0.343 e. The van der Waals surface area contributed by atoms with Crippen LogP contribution in [0.1, 0.15) is 47.7 Å². The summed E-state index contributed by atoms with van der Waals surface area (Å²) in [5.41, 5.74) is 4.59. The van der Waals surface area contributed by atoms with Crippen LogP contribution in [0, 0.1) is 0 Å². The summed E-state index contributed by atoms with van der Waals surface area (Å²) in [6, 6.07) is 17.4. The Balaban J connectivity index is 1.51. The Bertz CT molecular complexity index is 1230. The zero-order chi connectivity index (χ0) is 27.5. The molecule has 0 heterocycles. The molecule has 0 bridgehead atoms. The van der Waals surface area contributed by atoms with Crippen LogP contribution in [-0.2, 0) is 4.79 Å². The summed E-state index contributed by atoms with van der Waals surface area (Å²) in [7, 11) is 4.42. The number of hydrogen-bond acceptors (Lipinski definition) is 8. The largest absolute Gasteiger partial charge is 0.493 e. The summed E-state index contributed by atoms with van der Waals surface area (Å²) in [5.74, 6) is 1.52. The first-order valence-corrected chi connectivity index (χ1v) is 12.0. The molecule has 0 saturated heterocycles. The smallest absolute Gasteiger partial charge is 0.343 e. The van der Waals surface area contributed by atoms with Crippen molar-refractivity contribution in [1.29, 1.82) is 0 Å². The molecule has 9 heteroatoms. The highest BCUT2D eigenvalue weighted by Gasteiger charge is 2.18. The highest BCUT2D eigenvalue weighted by atomic mass is 16.5. The predicted octanol–water partition coefficient (Wildman–Crippen LogP) is 4.97. The molecule has 1 N–H and O–H groups in total. The van der Waals surface area contributed by atoms with Gasteiger partial charge in [0, 0.05) is 0 Å². The van der Waals surface area contributed by atoms with Crippen LogP contribution in [0.3, 0.4) is 0 Å². The van der Waals surface area contributed by atoms with E-state index in [9.17, 15) is 9.59 Å². The third-order valence-electron chi connectivity index (χ3n) is 5.83. The summed E-state index contributed by atoms with van der Waals surface area (Å²) < 4.78 is 26.8. The molecule has 3 aromatic carbocycles. The summed E-state index contributed by atoms with van der Waals surface area (Å²) in [6.07, 6.45) is 2.53. The van der Waals surface area contributed by atoms with Crippen molar-refractivity contribution in [2.24, 2.45) is 5.10 Å². The van der Waals surface area contributed by atoms with E-state index >= 15 is 0 Å². The lowest BCUT2D eigenvalue weighted by molar-refractivity contribution is -0.123. The normalized spacial score (nSPS) is 11.5. The Morgan fingerprint density at radius 3 is 2.05 bits per heavy atom. The number of carbonyl (C=O) groups is 2. The van der Waals surface area contributed by atoms with Crippen molar-refractivity contribution in [1.82, 2.24) is 5.43 Å². The fraction of sp³-hybridized carbons (Fsp3) is 0.276. The van der Waals surface area contributed by atoms with Gasteiger partial charge in [-0.25, -0.2) is 10.2 Å². The Morgan fingerprint density at radius 2 is 1.50 bits per heavy atom. The summed E-state index contributed by atoms with van der Waals surface area (Å²) >= 11 is 0. The lowest BCUT2D eigenvalue weighted by atomic mass is 9.99. The number of hydrazone groups is 1. The third-order valence-corrected chi connectivity index (χ3v) is 5.83. The minimum absolute atomic E-state index is 0.157. The van der Waals surface area contributed by atoms with Gasteiger partial charge in [0.1, 0.15) is 11.5 Å². The number of hydrogen-bond donors (Lipinski definition) is 1. The highest BCUT2D eigenvalue weighted by Crippen LogP contribution is 2.38. The summed E-state index contributed by atoms with van der Waals surface area (Å²) in [5, 5.41) is 3.94. The van der Waals surface area contributed by atoms with Crippen LogP contribution >= 0.6 is 0 Å².